The summed E-state index contributed by atoms with van der Waals surface area (Å²) in [5.41, 5.74) is 15.0. The average molecular weight is 758 g/mol. The molecule has 280 valence electrons. The van der Waals surface area contributed by atoms with Gasteiger partial charge in [0.1, 0.15) is 0 Å². The molecule has 1 nitrogen and oxygen atoms in total. The van der Waals surface area contributed by atoms with Crippen LogP contribution in [0.4, 0.5) is 17.1 Å². The molecule has 0 heterocycles. The minimum atomic E-state index is -0.679. The zero-order chi connectivity index (χ0) is 43.0. The molecule has 0 bridgehead atoms. The SMILES string of the molecule is [2H]c1c([2H])c(N(c2ccc3c(c2)C(C)(C)c2ccccc2-3)c2ccccc2-c2ccccc2)c([2H])c([2H])c1-c1ccc2c(c1)C(c1ccccc1)(c1ccccc1)c1ccccc1-2. The number of hydrogen-bond acceptors (Lipinski definition) is 1. The Labute approximate surface area is 353 Å². The fourth-order valence-electron chi connectivity index (χ4n) is 9.91. The van der Waals surface area contributed by atoms with Crippen LogP contribution in [0.2, 0.25) is 0 Å². The lowest BCUT2D eigenvalue weighted by atomic mass is 9.67. The molecular weight excluding hydrogens is 711 g/mol. The van der Waals surface area contributed by atoms with Gasteiger partial charge in [0.2, 0.25) is 0 Å². The lowest BCUT2D eigenvalue weighted by Crippen LogP contribution is -2.28. The molecule has 0 radical (unpaired) electrons. The van der Waals surface area contributed by atoms with Crippen LogP contribution in [0.15, 0.2) is 224 Å². The molecule has 0 atom stereocenters. The Morgan fingerprint density at radius 3 is 1.54 bits per heavy atom. The van der Waals surface area contributed by atoms with Gasteiger partial charge in [0.25, 0.3) is 0 Å². The van der Waals surface area contributed by atoms with Crippen LogP contribution in [0.1, 0.15) is 52.7 Å². The van der Waals surface area contributed by atoms with Crippen LogP contribution in [0.3, 0.4) is 0 Å². The van der Waals surface area contributed by atoms with Crippen LogP contribution in [-0.2, 0) is 10.8 Å². The van der Waals surface area contributed by atoms with Crippen LogP contribution in [0.25, 0.3) is 44.5 Å². The smallest absolute Gasteiger partial charge is 0.0713 e. The van der Waals surface area contributed by atoms with Crippen LogP contribution >= 0.6 is 0 Å². The molecule has 0 fully saturated rings. The number of benzene rings is 9. The van der Waals surface area contributed by atoms with Crippen molar-refractivity contribution >= 4 is 17.1 Å². The van der Waals surface area contributed by atoms with Crippen molar-refractivity contribution in [2.45, 2.75) is 24.7 Å². The summed E-state index contributed by atoms with van der Waals surface area (Å²) < 4.78 is 39.6. The largest absolute Gasteiger partial charge is 0.310 e. The van der Waals surface area contributed by atoms with Crippen LogP contribution in [0.5, 0.6) is 0 Å². The van der Waals surface area contributed by atoms with E-state index in [2.05, 4.69) is 159 Å². The van der Waals surface area contributed by atoms with E-state index in [1.54, 1.807) is 0 Å². The third kappa shape index (κ3) is 5.39. The first kappa shape index (κ1) is 30.9. The second-order valence-corrected chi connectivity index (χ2v) is 16.1. The van der Waals surface area contributed by atoms with Gasteiger partial charge >= 0.3 is 0 Å². The molecule has 0 spiro atoms. The Kier molecular flexibility index (Phi) is 7.17. The number of rotatable bonds is 7. The van der Waals surface area contributed by atoms with Crippen molar-refractivity contribution in [3.8, 4) is 44.5 Å². The molecule has 0 aromatic heterocycles. The van der Waals surface area contributed by atoms with Gasteiger partial charge in [-0.25, -0.2) is 0 Å². The average Bonchev–Trinajstić information content (AvgIpc) is 3.75. The summed E-state index contributed by atoms with van der Waals surface area (Å²) in [6.45, 7) is 4.49. The van der Waals surface area contributed by atoms with Gasteiger partial charge < -0.3 is 4.90 Å². The maximum absolute atomic E-state index is 9.94. The highest BCUT2D eigenvalue weighted by Crippen LogP contribution is 2.57. The molecule has 11 rings (SSSR count). The Balaban J connectivity index is 1.14. The van der Waals surface area contributed by atoms with Crippen LogP contribution < -0.4 is 4.90 Å². The number of anilines is 3. The first-order valence-corrected chi connectivity index (χ1v) is 20.4. The standard InChI is InChI=1S/C58H43N/c1-57(2)52-27-15-12-25-48(52)50-37-35-46(39-54(50)57)59(56-29-17-14-24-47(56)41-18-6-3-7-19-41)45-33-30-40(31-34-45)42-32-36-51-49-26-13-16-28-53(49)58(55(51)38-42,43-20-8-4-9-21-43)44-22-10-5-11-23-44/h3-39H,1-2H3/i30D,31D,33D,34D. The van der Waals surface area contributed by atoms with E-state index in [1.807, 2.05) is 59.5 Å². The van der Waals surface area contributed by atoms with E-state index in [-0.39, 0.29) is 40.8 Å². The maximum Gasteiger partial charge on any atom is 0.0713 e. The van der Waals surface area contributed by atoms with Crippen LogP contribution in [0, 0.1) is 0 Å². The van der Waals surface area contributed by atoms with Gasteiger partial charge in [-0.3, -0.25) is 0 Å². The summed E-state index contributed by atoms with van der Waals surface area (Å²) in [7, 11) is 0. The molecule has 9 aromatic carbocycles. The lowest BCUT2D eigenvalue weighted by Gasteiger charge is -2.34. The Hall–Kier alpha value is -7.22. The van der Waals surface area contributed by atoms with E-state index in [9.17, 15) is 5.48 Å². The van der Waals surface area contributed by atoms with Gasteiger partial charge in [0, 0.05) is 22.4 Å². The summed E-state index contributed by atoms with van der Waals surface area (Å²) in [6.07, 6.45) is 0. The van der Waals surface area contributed by atoms with Crippen molar-refractivity contribution in [1.29, 1.82) is 0 Å². The lowest BCUT2D eigenvalue weighted by molar-refractivity contribution is 0.660. The van der Waals surface area contributed by atoms with E-state index < -0.39 is 5.41 Å². The monoisotopic (exact) mass is 757 g/mol. The molecular formula is C58H43N. The predicted molar refractivity (Wildman–Crippen MR) is 247 cm³/mol. The summed E-state index contributed by atoms with van der Waals surface area (Å²) in [5.74, 6) is 0. The molecule has 0 N–H and O–H groups in total. The van der Waals surface area contributed by atoms with Gasteiger partial charge in [-0.1, -0.05) is 202 Å². The molecule has 1 heteroatoms. The zero-order valence-corrected chi connectivity index (χ0v) is 33.0. The molecule has 2 aliphatic rings. The number of hydrogen-bond donors (Lipinski definition) is 0. The quantitative estimate of drug-likeness (QED) is 0.156. The first-order chi connectivity index (χ1) is 30.7. The van der Waals surface area contributed by atoms with Gasteiger partial charge in [0.05, 0.1) is 16.6 Å². The third-order valence-electron chi connectivity index (χ3n) is 12.6. The molecule has 9 aromatic rings. The summed E-state index contributed by atoms with van der Waals surface area (Å²) in [5, 5.41) is 0. The Bertz CT molecular complexity index is 3180. The third-order valence-corrected chi connectivity index (χ3v) is 12.6. The second kappa shape index (κ2) is 13.7. The Morgan fingerprint density at radius 2 is 0.864 bits per heavy atom. The topological polar surface area (TPSA) is 3.24 Å². The molecule has 0 saturated carbocycles. The highest BCUT2D eigenvalue weighted by molar-refractivity contribution is 5.92. The first-order valence-electron chi connectivity index (χ1n) is 22.4. The minimum Gasteiger partial charge on any atom is -0.310 e. The van der Waals surface area contributed by atoms with Crippen molar-refractivity contribution in [2.24, 2.45) is 0 Å². The predicted octanol–water partition coefficient (Wildman–Crippen LogP) is 15.2. The highest BCUT2D eigenvalue weighted by Gasteiger charge is 2.46. The number of nitrogens with zero attached hydrogens (tertiary/aromatic N) is 1. The van der Waals surface area contributed by atoms with Crippen molar-refractivity contribution in [2.75, 3.05) is 4.90 Å². The second-order valence-electron chi connectivity index (χ2n) is 16.1. The highest BCUT2D eigenvalue weighted by atomic mass is 15.1. The fraction of sp³-hybridized carbons (Fsp3) is 0.0690. The molecule has 59 heavy (non-hydrogen) atoms. The molecule has 2 aliphatic carbocycles. The molecule has 0 unspecified atom stereocenters. The Morgan fingerprint density at radius 1 is 0.356 bits per heavy atom. The fourth-order valence-corrected chi connectivity index (χ4v) is 9.91. The molecule has 0 saturated heterocycles. The van der Waals surface area contributed by atoms with E-state index in [4.69, 9.17) is 0 Å². The zero-order valence-electron chi connectivity index (χ0n) is 37.0. The van der Waals surface area contributed by atoms with Gasteiger partial charge in [0.15, 0.2) is 0 Å². The van der Waals surface area contributed by atoms with Gasteiger partial charge in [-0.05, 0) is 109 Å². The van der Waals surface area contributed by atoms with E-state index in [0.717, 1.165) is 67.0 Å². The van der Waals surface area contributed by atoms with Crippen LogP contribution in [-0.4, -0.2) is 0 Å². The summed E-state index contributed by atoms with van der Waals surface area (Å²) >= 11 is 0. The van der Waals surface area contributed by atoms with E-state index in [1.165, 1.54) is 11.1 Å². The minimum absolute atomic E-state index is 0.0948. The van der Waals surface area contributed by atoms with E-state index in [0.29, 0.717) is 5.56 Å². The van der Waals surface area contributed by atoms with Gasteiger partial charge in [-0.2, -0.15) is 0 Å². The van der Waals surface area contributed by atoms with Crippen molar-refractivity contribution in [1.82, 2.24) is 0 Å². The van der Waals surface area contributed by atoms with Crippen molar-refractivity contribution < 1.29 is 5.48 Å². The summed E-state index contributed by atoms with van der Waals surface area (Å²) in [4.78, 5) is 1.95. The number of para-hydroxylation sites is 1. The molecule has 0 amide bonds. The van der Waals surface area contributed by atoms with Gasteiger partial charge in [-0.15, -0.1) is 0 Å². The number of fused-ring (bicyclic) bond motifs is 6. The van der Waals surface area contributed by atoms with Crippen molar-refractivity contribution in [3.63, 3.8) is 0 Å². The van der Waals surface area contributed by atoms with E-state index >= 15 is 0 Å². The molecule has 0 aliphatic heterocycles. The maximum atomic E-state index is 9.94. The summed E-state index contributed by atoms with van der Waals surface area (Å²) in [6, 6.07) is 68.5. The normalized spacial score (nSPS) is 14.8. The van der Waals surface area contributed by atoms with Crippen molar-refractivity contribution in [3.05, 3.63) is 258 Å².